The monoisotopic (exact) mass is 264 g/mol. The first kappa shape index (κ1) is 15.7. The maximum atomic E-state index is 11.4. The summed E-state index contributed by atoms with van der Waals surface area (Å²) < 4.78 is 4.79. The van der Waals surface area contributed by atoms with Crippen molar-refractivity contribution in [2.45, 2.75) is 52.1 Å². The van der Waals surface area contributed by atoms with Crippen molar-refractivity contribution in [2.24, 2.45) is 0 Å². The fourth-order valence-corrected chi connectivity index (χ4v) is 1.98. The molecule has 0 radical (unpaired) electrons. The SMILES string of the molecule is CCCCCCc1ccc([C@H](O)C(=O)OCC)cc1. The van der Waals surface area contributed by atoms with Gasteiger partial charge in [-0.2, -0.15) is 0 Å². The lowest BCUT2D eigenvalue weighted by atomic mass is 10.0. The first-order chi connectivity index (χ1) is 9.19. The maximum Gasteiger partial charge on any atom is 0.339 e. The average Bonchev–Trinajstić information content (AvgIpc) is 2.44. The van der Waals surface area contributed by atoms with Crippen molar-refractivity contribution in [3.8, 4) is 0 Å². The van der Waals surface area contributed by atoms with E-state index >= 15 is 0 Å². The van der Waals surface area contributed by atoms with E-state index in [4.69, 9.17) is 4.74 Å². The second kappa shape index (κ2) is 8.70. The highest BCUT2D eigenvalue weighted by atomic mass is 16.5. The molecule has 1 N–H and O–H groups in total. The van der Waals surface area contributed by atoms with Gasteiger partial charge in [-0.3, -0.25) is 0 Å². The Hall–Kier alpha value is -1.35. The number of benzene rings is 1. The van der Waals surface area contributed by atoms with Gasteiger partial charge in [0.05, 0.1) is 6.61 Å². The molecule has 1 aromatic carbocycles. The van der Waals surface area contributed by atoms with Gasteiger partial charge in [0.25, 0.3) is 0 Å². The van der Waals surface area contributed by atoms with Gasteiger partial charge < -0.3 is 9.84 Å². The first-order valence-electron chi connectivity index (χ1n) is 7.12. The van der Waals surface area contributed by atoms with E-state index in [1.165, 1.54) is 31.2 Å². The number of rotatable bonds is 8. The second-order valence-corrected chi connectivity index (χ2v) is 4.71. The van der Waals surface area contributed by atoms with Crippen LogP contribution < -0.4 is 0 Å². The first-order valence-corrected chi connectivity index (χ1v) is 7.12. The minimum Gasteiger partial charge on any atom is -0.464 e. The Bertz CT molecular complexity index is 370. The Morgan fingerprint density at radius 3 is 2.42 bits per heavy atom. The third-order valence-electron chi connectivity index (χ3n) is 3.12. The summed E-state index contributed by atoms with van der Waals surface area (Å²) in [6, 6.07) is 7.56. The van der Waals surface area contributed by atoms with Gasteiger partial charge in [0.2, 0.25) is 0 Å². The topological polar surface area (TPSA) is 46.5 Å². The zero-order chi connectivity index (χ0) is 14.1. The second-order valence-electron chi connectivity index (χ2n) is 4.71. The van der Waals surface area contributed by atoms with Crippen LogP contribution in [-0.4, -0.2) is 17.7 Å². The van der Waals surface area contributed by atoms with Crippen LogP contribution in [0, 0.1) is 0 Å². The van der Waals surface area contributed by atoms with Gasteiger partial charge >= 0.3 is 5.97 Å². The zero-order valence-electron chi connectivity index (χ0n) is 11.9. The third kappa shape index (κ3) is 5.43. The molecule has 0 saturated carbocycles. The fourth-order valence-electron chi connectivity index (χ4n) is 1.98. The Balaban J connectivity index is 2.48. The number of carbonyl (C=O) groups excluding carboxylic acids is 1. The summed E-state index contributed by atoms with van der Waals surface area (Å²) in [7, 11) is 0. The molecular weight excluding hydrogens is 240 g/mol. The van der Waals surface area contributed by atoms with Crippen LogP contribution in [0.4, 0.5) is 0 Å². The Kier molecular flexibility index (Phi) is 7.19. The van der Waals surface area contributed by atoms with Crippen LogP contribution in [0.3, 0.4) is 0 Å². The third-order valence-corrected chi connectivity index (χ3v) is 3.12. The van der Waals surface area contributed by atoms with Crippen LogP contribution in [0.5, 0.6) is 0 Å². The molecule has 0 fully saturated rings. The quantitative estimate of drug-likeness (QED) is 0.578. The summed E-state index contributed by atoms with van der Waals surface area (Å²) in [5, 5.41) is 9.78. The summed E-state index contributed by atoms with van der Waals surface area (Å²) >= 11 is 0. The number of aliphatic hydroxyl groups excluding tert-OH is 1. The van der Waals surface area contributed by atoms with Crippen molar-refractivity contribution < 1.29 is 14.6 Å². The highest BCUT2D eigenvalue weighted by Gasteiger charge is 2.17. The van der Waals surface area contributed by atoms with Gasteiger partial charge in [-0.15, -0.1) is 0 Å². The van der Waals surface area contributed by atoms with Gasteiger partial charge in [0, 0.05) is 0 Å². The van der Waals surface area contributed by atoms with Crippen molar-refractivity contribution >= 4 is 5.97 Å². The van der Waals surface area contributed by atoms with Crippen molar-refractivity contribution in [1.29, 1.82) is 0 Å². The summed E-state index contributed by atoms with van der Waals surface area (Å²) in [4.78, 5) is 11.4. The molecule has 106 valence electrons. The van der Waals surface area contributed by atoms with E-state index in [0.29, 0.717) is 5.56 Å². The Labute approximate surface area is 115 Å². The van der Waals surface area contributed by atoms with Gasteiger partial charge in [0.1, 0.15) is 0 Å². The molecule has 0 bridgehead atoms. The van der Waals surface area contributed by atoms with Crippen molar-refractivity contribution in [3.05, 3.63) is 35.4 Å². The highest BCUT2D eigenvalue weighted by molar-refractivity contribution is 5.76. The van der Waals surface area contributed by atoms with E-state index in [2.05, 4.69) is 6.92 Å². The van der Waals surface area contributed by atoms with E-state index < -0.39 is 12.1 Å². The van der Waals surface area contributed by atoms with Crippen molar-refractivity contribution in [2.75, 3.05) is 6.61 Å². The average molecular weight is 264 g/mol. The molecule has 0 unspecified atom stereocenters. The van der Waals surface area contributed by atoms with Crippen LogP contribution in [0.25, 0.3) is 0 Å². The molecule has 0 aliphatic heterocycles. The molecule has 3 heteroatoms. The Morgan fingerprint density at radius 1 is 1.16 bits per heavy atom. The molecule has 0 saturated heterocycles. The lowest BCUT2D eigenvalue weighted by Gasteiger charge is -2.10. The van der Waals surface area contributed by atoms with Gasteiger partial charge in [0.15, 0.2) is 6.10 Å². The van der Waals surface area contributed by atoms with Crippen molar-refractivity contribution in [3.63, 3.8) is 0 Å². The predicted octanol–water partition coefficient (Wildman–Crippen LogP) is 3.41. The van der Waals surface area contributed by atoms with E-state index in [1.54, 1.807) is 19.1 Å². The lowest BCUT2D eigenvalue weighted by molar-refractivity contribution is -0.153. The summed E-state index contributed by atoms with van der Waals surface area (Å²) in [5.74, 6) is -0.585. The molecule has 0 aliphatic rings. The summed E-state index contributed by atoms with van der Waals surface area (Å²) in [6.07, 6.45) is 4.84. The molecule has 1 aromatic rings. The van der Waals surface area contributed by atoms with Gasteiger partial charge in [-0.05, 0) is 30.9 Å². The fraction of sp³-hybridized carbons (Fsp3) is 0.562. The molecule has 3 nitrogen and oxygen atoms in total. The molecule has 0 aromatic heterocycles. The molecule has 0 amide bonds. The highest BCUT2D eigenvalue weighted by Crippen LogP contribution is 2.16. The number of ether oxygens (including phenoxy) is 1. The van der Waals surface area contributed by atoms with E-state index in [0.717, 1.165) is 6.42 Å². The van der Waals surface area contributed by atoms with E-state index in [9.17, 15) is 9.90 Å². The number of esters is 1. The Morgan fingerprint density at radius 2 is 1.84 bits per heavy atom. The van der Waals surface area contributed by atoms with Gasteiger partial charge in [-0.1, -0.05) is 50.5 Å². The molecule has 0 heterocycles. The van der Waals surface area contributed by atoms with E-state index in [1.807, 2.05) is 12.1 Å². The minimum absolute atomic E-state index is 0.283. The van der Waals surface area contributed by atoms with Crippen LogP contribution in [0.2, 0.25) is 0 Å². The molecule has 1 atom stereocenters. The molecule has 19 heavy (non-hydrogen) atoms. The standard InChI is InChI=1S/C16H24O3/c1-3-5-6-7-8-13-9-11-14(12-10-13)15(17)16(18)19-4-2/h9-12,15,17H,3-8H2,1-2H3/t15-/m0/s1. The molecule has 0 aliphatic carbocycles. The summed E-state index contributed by atoms with van der Waals surface area (Å²) in [5.41, 5.74) is 1.84. The van der Waals surface area contributed by atoms with Crippen LogP contribution >= 0.6 is 0 Å². The molecule has 1 rings (SSSR count). The molecule has 0 spiro atoms. The number of hydrogen-bond donors (Lipinski definition) is 1. The minimum atomic E-state index is -1.17. The molecular formula is C16H24O3. The smallest absolute Gasteiger partial charge is 0.339 e. The van der Waals surface area contributed by atoms with Gasteiger partial charge in [-0.25, -0.2) is 4.79 Å². The lowest BCUT2D eigenvalue weighted by Crippen LogP contribution is -2.15. The normalized spacial score (nSPS) is 12.2. The number of aliphatic hydroxyl groups is 1. The van der Waals surface area contributed by atoms with Crippen LogP contribution in [0.15, 0.2) is 24.3 Å². The predicted molar refractivity (Wildman–Crippen MR) is 75.9 cm³/mol. The number of unbranched alkanes of at least 4 members (excludes halogenated alkanes) is 3. The van der Waals surface area contributed by atoms with Crippen molar-refractivity contribution in [1.82, 2.24) is 0 Å². The number of aryl methyl sites for hydroxylation is 1. The summed E-state index contributed by atoms with van der Waals surface area (Å²) in [6.45, 7) is 4.21. The largest absolute Gasteiger partial charge is 0.464 e. The number of carbonyl (C=O) groups is 1. The number of hydrogen-bond acceptors (Lipinski definition) is 3. The zero-order valence-corrected chi connectivity index (χ0v) is 11.9. The maximum absolute atomic E-state index is 11.4. The van der Waals surface area contributed by atoms with E-state index in [-0.39, 0.29) is 6.61 Å². The van der Waals surface area contributed by atoms with Crippen LogP contribution in [0.1, 0.15) is 56.8 Å². The van der Waals surface area contributed by atoms with Crippen LogP contribution in [-0.2, 0) is 16.0 Å².